The van der Waals surface area contributed by atoms with Crippen molar-refractivity contribution in [2.75, 3.05) is 39.5 Å². The van der Waals surface area contributed by atoms with Gasteiger partial charge in [0.15, 0.2) is 0 Å². The summed E-state index contributed by atoms with van der Waals surface area (Å²) in [5.41, 5.74) is 6.48. The lowest BCUT2D eigenvalue weighted by atomic mass is 10.2. The number of nitrogens with two attached hydrogens (primary N) is 1. The molecular formula is C15H23N3O2. The zero-order valence-corrected chi connectivity index (χ0v) is 12.2. The van der Waals surface area contributed by atoms with E-state index >= 15 is 0 Å². The van der Waals surface area contributed by atoms with Crippen molar-refractivity contribution in [3.8, 4) is 5.75 Å². The number of likely N-dealkylation sites (N-methyl/N-ethyl adjacent to an activating group) is 1. The van der Waals surface area contributed by atoms with Gasteiger partial charge in [0.2, 0.25) is 5.91 Å². The van der Waals surface area contributed by atoms with Crippen LogP contribution in [0.1, 0.15) is 12.8 Å². The molecule has 1 unspecified atom stereocenters. The number of para-hydroxylation sites is 2. The maximum atomic E-state index is 12.1. The number of benzene rings is 1. The number of carbonyl (C=O) groups excluding carboxylic acids is 1. The molecule has 2 rings (SSSR count). The summed E-state index contributed by atoms with van der Waals surface area (Å²) >= 11 is 0. The molecule has 0 spiro atoms. The van der Waals surface area contributed by atoms with Crippen LogP contribution < -0.4 is 10.5 Å². The average molecular weight is 277 g/mol. The highest BCUT2D eigenvalue weighted by Gasteiger charge is 2.31. The molecule has 20 heavy (non-hydrogen) atoms. The molecule has 0 bridgehead atoms. The molecule has 1 atom stereocenters. The fourth-order valence-electron chi connectivity index (χ4n) is 2.56. The van der Waals surface area contributed by atoms with Crippen LogP contribution in [0.4, 0.5) is 5.69 Å². The van der Waals surface area contributed by atoms with Crippen molar-refractivity contribution >= 4 is 11.6 Å². The second kappa shape index (κ2) is 6.61. The van der Waals surface area contributed by atoms with Gasteiger partial charge in [0, 0.05) is 20.6 Å². The molecule has 0 radical (unpaired) electrons. The van der Waals surface area contributed by atoms with E-state index in [1.54, 1.807) is 19.0 Å². The van der Waals surface area contributed by atoms with E-state index < -0.39 is 0 Å². The number of likely N-dealkylation sites (tertiary alicyclic amines) is 1. The van der Waals surface area contributed by atoms with Crippen molar-refractivity contribution in [3.63, 3.8) is 0 Å². The summed E-state index contributed by atoms with van der Waals surface area (Å²) in [5, 5.41) is 0. The standard InChI is InChI=1S/C15H23N3O2/c1-17(2)15(19)13-7-5-9-18(13)10-11-20-14-8-4-3-6-12(14)16/h3-4,6,8,13H,5,7,9-11,16H2,1-2H3. The zero-order chi connectivity index (χ0) is 14.5. The third-order valence-electron chi connectivity index (χ3n) is 3.64. The highest BCUT2D eigenvalue weighted by molar-refractivity contribution is 5.81. The summed E-state index contributed by atoms with van der Waals surface area (Å²) < 4.78 is 5.70. The van der Waals surface area contributed by atoms with E-state index in [1.807, 2.05) is 24.3 Å². The third kappa shape index (κ3) is 3.42. The summed E-state index contributed by atoms with van der Waals surface area (Å²) in [6.45, 7) is 2.25. The van der Waals surface area contributed by atoms with Gasteiger partial charge in [-0.15, -0.1) is 0 Å². The molecule has 2 N–H and O–H groups in total. The first-order valence-electron chi connectivity index (χ1n) is 7.02. The first-order chi connectivity index (χ1) is 9.59. The monoisotopic (exact) mass is 277 g/mol. The molecular weight excluding hydrogens is 254 g/mol. The quantitative estimate of drug-likeness (QED) is 0.822. The minimum Gasteiger partial charge on any atom is -0.490 e. The SMILES string of the molecule is CN(C)C(=O)C1CCCN1CCOc1ccccc1N. The lowest BCUT2D eigenvalue weighted by Crippen LogP contribution is -2.44. The Morgan fingerprint density at radius 3 is 2.90 bits per heavy atom. The molecule has 1 aliphatic rings. The van der Waals surface area contributed by atoms with Crippen molar-refractivity contribution in [2.45, 2.75) is 18.9 Å². The van der Waals surface area contributed by atoms with Crippen molar-refractivity contribution < 1.29 is 9.53 Å². The number of hydrogen-bond acceptors (Lipinski definition) is 4. The Labute approximate surface area is 120 Å². The lowest BCUT2D eigenvalue weighted by Gasteiger charge is -2.26. The largest absolute Gasteiger partial charge is 0.490 e. The zero-order valence-electron chi connectivity index (χ0n) is 12.2. The minimum atomic E-state index is 0.00159. The average Bonchev–Trinajstić information content (AvgIpc) is 2.88. The van der Waals surface area contributed by atoms with Gasteiger partial charge in [0.05, 0.1) is 11.7 Å². The van der Waals surface area contributed by atoms with Crippen LogP contribution in [0.25, 0.3) is 0 Å². The van der Waals surface area contributed by atoms with Gasteiger partial charge < -0.3 is 15.4 Å². The molecule has 1 amide bonds. The van der Waals surface area contributed by atoms with Crippen LogP contribution in [-0.4, -0.2) is 55.5 Å². The maximum Gasteiger partial charge on any atom is 0.239 e. The third-order valence-corrected chi connectivity index (χ3v) is 3.64. The van der Waals surface area contributed by atoms with Gasteiger partial charge in [0.25, 0.3) is 0 Å². The molecule has 1 heterocycles. The van der Waals surface area contributed by atoms with Crippen LogP contribution in [-0.2, 0) is 4.79 Å². The summed E-state index contributed by atoms with van der Waals surface area (Å²) in [5.74, 6) is 0.893. The van der Waals surface area contributed by atoms with Crippen LogP contribution in [0.3, 0.4) is 0 Å². The fourth-order valence-corrected chi connectivity index (χ4v) is 2.56. The molecule has 1 fully saturated rings. The Balaban J connectivity index is 1.84. The lowest BCUT2D eigenvalue weighted by molar-refractivity contribution is -0.133. The Morgan fingerprint density at radius 2 is 2.20 bits per heavy atom. The summed E-state index contributed by atoms with van der Waals surface area (Å²) in [4.78, 5) is 15.9. The predicted octanol–water partition coefficient (Wildman–Crippen LogP) is 1.20. The predicted molar refractivity (Wildman–Crippen MR) is 79.6 cm³/mol. The number of ether oxygens (including phenoxy) is 1. The van der Waals surface area contributed by atoms with Crippen LogP contribution in [0.5, 0.6) is 5.75 Å². The van der Waals surface area contributed by atoms with Gasteiger partial charge in [-0.25, -0.2) is 0 Å². The Kier molecular flexibility index (Phi) is 4.84. The number of nitrogen functional groups attached to an aromatic ring is 1. The Hall–Kier alpha value is -1.75. The fraction of sp³-hybridized carbons (Fsp3) is 0.533. The maximum absolute atomic E-state index is 12.1. The molecule has 1 saturated heterocycles. The molecule has 110 valence electrons. The molecule has 0 aliphatic carbocycles. The van der Waals surface area contributed by atoms with Crippen molar-refractivity contribution in [1.29, 1.82) is 0 Å². The van der Waals surface area contributed by atoms with E-state index in [-0.39, 0.29) is 11.9 Å². The highest BCUT2D eigenvalue weighted by Crippen LogP contribution is 2.21. The second-order valence-corrected chi connectivity index (χ2v) is 5.31. The van der Waals surface area contributed by atoms with E-state index in [2.05, 4.69) is 4.90 Å². The van der Waals surface area contributed by atoms with E-state index in [9.17, 15) is 4.79 Å². The summed E-state index contributed by atoms with van der Waals surface area (Å²) in [7, 11) is 3.61. The van der Waals surface area contributed by atoms with E-state index in [0.29, 0.717) is 18.0 Å². The van der Waals surface area contributed by atoms with Crippen molar-refractivity contribution in [2.24, 2.45) is 0 Å². The first kappa shape index (κ1) is 14.7. The first-order valence-corrected chi connectivity index (χ1v) is 7.02. The number of carbonyl (C=O) groups is 1. The van der Waals surface area contributed by atoms with Gasteiger partial charge in [-0.2, -0.15) is 0 Å². The topological polar surface area (TPSA) is 58.8 Å². The van der Waals surface area contributed by atoms with E-state index in [1.165, 1.54) is 0 Å². The summed E-state index contributed by atoms with van der Waals surface area (Å²) in [6, 6.07) is 7.47. The summed E-state index contributed by atoms with van der Waals surface area (Å²) in [6.07, 6.45) is 2.00. The van der Waals surface area contributed by atoms with Crippen LogP contribution in [0.2, 0.25) is 0 Å². The van der Waals surface area contributed by atoms with Gasteiger partial charge >= 0.3 is 0 Å². The van der Waals surface area contributed by atoms with Gasteiger partial charge in [-0.05, 0) is 31.5 Å². The number of rotatable bonds is 5. The van der Waals surface area contributed by atoms with Crippen LogP contribution >= 0.6 is 0 Å². The Bertz CT molecular complexity index is 462. The molecule has 1 aromatic rings. The molecule has 0 saturated carbocycles. The highest BCUT2D eigenvalue weighted by atomic mass is 16.5. The van der Waals surface area contributed by atoms with Gasteiger partial charge in [0.1, 0.15) is 12.4 Å². The van der Waals surface area contributed by atoms with Crippen molar-refractivity contribution in [3.05, 3.63) is 24.3 Å². The van der Waals surface area contributed by atoms with Crippen molar-refractivity contribution in [1.82, 2.24) is 9.80 Å². The number of amides is 1. The molecule has 1 aromatic carbocycles. The van der Waals surface area contributed by atoms with E-state index in [0.717, 1.165) is 25.9 Å². The van der Waals surface area contributed by atoms with Gasteiger partial charge in [-0.3, -0.25) is 9.69 Å². The smallest absolute Gasteiger partial charge is 0.239 e. The number of hydrogen-bond donors (Lipinski definition) is 1. The molecule has 1 aliphatic heterocycles. The normalized spacial score (nSPS) is 19.0. The minimum absolute atomic E-state index is 0.00159. The number of nitrogens with zero attached hydrogens (tertiary/aromatic N) is 2. The number of anilines is 1. The molecule has 5 nitrogen and oxygen atoms in total. The Morgan fingerprint density at radius 1 is 1.45 bits per heavy atom. The molecule has 5 heteroatoms. The van der Waals surface area contributed by atoms with Crippen LogP contribution in [0.15, 0.2) is 24.3 Å². The van der Waals surface area contributed by atoms with Gasteiger partial charge in [-0.1, -0.05) is 12.1 Å². The van der Waals surface area contributed by atoms with E-state index in [4.69, 9.17) is 10.5 Å². The van der Waals surface area contributed by atoms with Crippen LogP contribution in [0, 0.1) is 0 Å². The second-order valence-electron chi connectivity index (χ2n) is 5.31. The molecule has 0 aromatic heterocycles.